The molecular weight excluding hydrogens is 324 g/mol. The van der Waals surface area contributed by atoms with Crippen LogP contribution in [0.25, 0.3) is 0 Å². The van der Waals surface area contributed by atoms with Crippen LogP contribution < -0.4 is 10.1 Å². The van der Waals surface area contributed by atoms with Crippen molar-refractivity contribution in [3.63, 3.8) is 0 Å². The first kappa shape index (κ1) is 17.7. The van der Waals surface area contributed by atoms with Crippen LogP contribution in [0.3, 0.4) is 0 Å². The minimum Gasteiger partial charge on any atom is -0.487 e. The van der Waals surface area contributed by atoms with Crippen molar-refractivity contribution in [1.82, 2.24) is 0 Å². The van der Waals surface area contributed by atoms with E-state index in [0.717, 1.165) is 45.3 Å². The van der Waals surface area contributed by atoms with Gasteiger partial charge in [-0.15, -0.1) is 0 Å². The van der Waals surface area contributed by atoms with Crippen LogP contribution in [-0.4, -0.2) is 32.8 Å². The molecule has 0 radical (unpaired) electrons. The summed E-state index contributed by atoms with van der Waals surface area (Å²) in [6.45, 7) is 0.260. The third kappa shape index (κ3) is 4.68. The van der Waals surface area contributed by atoms with Gasteiger partial charge in [0.1, 0.15) is 5.70 Å². The fraction of sp³-hybridized carbons (Fsp3) is 0.375. The molecule has 0 amide bonds. The van der Waals surface area contributed by atoms with Gasteiger partial charge in [-0.3, -0.25) is 0 Å². The number of ether oxygens (including phenoxy) is 3. The van der Waals surface area contributed by atoms with Gasteiger partial charge in [-0.25, -0.2) is 18.4 Å². The lowest BCUT2D eigenvalue weighted by molar-refractivity contribution is -0.138. The van der Waals surface area contributed by atoms with E-state index in [0.29, 0.717) is 5.92 Å². The summed E-state index contributed by atoms with van der Waals surface area (Å²) < 4.78 is 42.1. The highest BCUT2D eigenvalue weighted by Gasteiger charge is 2.24. The zero-order chi connectivity index (χ0) is 17.7. The molecular formula is C16H17F2NO5. The standard InChI is InChI=1S/C16H17F2NO5/c1-22-14(20)7-13(16(21)23-2)19-10-5-11(17)15(12(18)6-10)24-8-9-3-4-9/h5-7,9,19H,3-4,8H2,1-2H3/b13-7+. The summed E-state index contributed by atoms with van der Waals surface area (Å²) in [5.41, 5.74) is -0.404. The summed E-state index contributed by atoms with van der Waals surface area (Å²) >= 11 is 0. The first-order chi connectivity index (χ1) is 11.4. The summed E-state index contributed by atoms with van der Waals surface area (Å²) in [4.78, 5) is 22.9. The van der Waals surface area contributed by atoms with E-state index >= 15 is 0 Å². The number of nitrogens with one attached hydrogen (secondary N) is 1. The Kier molecular flexibility index (Phi) is 5.73. The Bertz CT molecular complexity index is 647. The second-order valence-corrected chi connectivity index (χ2v) is 5.22. The summed E-state index contributed by atoms with van der Waals surface area (Å²) in [7, 11) is 2.23. The zero-order valence-electron chi connectivity index (χ0n) is 13.2. The van der Waals surface area contributed by atoms with Crippen LogP contribution >= 0.6 is 0 Å². The molecule has 1 aliphatic carbocycles. The van der Waals surface area contributed by atoms with Crippen molar-refractivity contribution in [2.45, 2.75) is 12.8 Å². The molecule has 130 valence electrons. The molecule has 6 nitrogen and oxygen atoms in total. The molecule has 1 aromatic carbocycles. The first-order valence-electron chi connectivity index (χ1n) is 7.21. The lowest BCUT2D eigenvalue weighted by atomic mass is 10.2. The molecule has 1 aromatic rings. The van der Waals surface area contributed by atoms with Gasteiger partial charge in [-0.1, -0.05) is 0 Å². The second kappa shape index (κ2) is 7.76. The van der Waals surface area contributed by atoms with Crippen molar-refractivity contribution in [2.24, 2.45) is 5.92 Å². The number of hydrogen-bond donors (Lipinski definition) is 1. The normalized spacial score (nSPS) is 14.1. The predicted molar refractivity (Wildman–Crippen MR) is 80.3 cm³/mol. The fourth-order valence-corrected chi connectivity index (χ4v) is 1.84. The van der Waals surface area contributed by atoms with Gasteiger partial charge in [0, 0.05) is 17.8 Å². The molecule has 0 spiro atoms. The molecule has 0 aliphatic heterocycles. The molecule has 1 aliphatic rings. The van der Waals surface area contributed by atoms with Gasteiger partial charge in [-0.2, -0.15) is 0 Å². The van der Waals surface area contributed by atoms with Crippen molar-refractivity contribution in [1.29, 1.82) is 0 Å². The van der Waals surface area contributed by atoms with Crippen molar-refractivity contribution in [3.8, 4) is 5.75 Å². The Morgan fingerprint density at radius 1 is 1.21 bits per heavy atom. The summed E-state index contributed by atoms with van der Waals surface area (Å²) in [5, 5.41) is 2.43. The van der Waals surface area contributed by atoms with Gasteiger partial charge in [0.15, 0.2) is 17.4 Å². The molecule has 24 heavy (non-hydrogen) atoms. The third-order valence-corrected chi connectivity index (χ3v) is 3.31. The molecule has 1 saturated carbocycles. The topological polar surface area (TPSA) is 73.9 Å². The van der Waals surface area contributed by atoms with Crippen LogP contribution in [0.15, 0.2) is 23.9 Å². The Morgan fingerprint density at radius 2 is 1.83 bits per heavy atom. The highest BCUT2D eigenvalue weighted by atomic mass is 19.1. The van der Waals surface area contributed by atoms with Crippen LogP contribution in [-0.2, 0) is 19.1 Å². The zero-order valence-corrected chi connectivity index (χ0v) is 13.2. The number of carbonyl (C=O) groups is 2. The lowest BCUT2D eigenvalue weighted by Crippen LogP contribution is -2.16. The van der Waals surface area contributed by atoms with Crippen molar-refractivity contribution >= 4 is 17.6 Å². The van der Waals surface area contributed by atoms with E-state index in [2.05, 4.69) is 14.8 Å². The van der Waals surface area contributed by atoms with Gasteiger partial charge in [0.05, 0.1) is 26.9 Å². The highest BCUT2D eigenvalue weighted by molar-refractivity contribution is 5.98. The SMILES string of the molecule is COC(=O)/C=C(/Nc1cc(F)c(OCC2CC2)c(F)c1)C(=O)OC. The molecule has 1 N–H and O–H groups in total. The van der Waals surface area contributed by atoms with Crippen molar-refractivity contribution < 1.29 is 32.6 Å². The maximum atomic E-state index is 14.0. The maximum absolute atomic E-state index is 14.0. The van der Waals surface area contributed by atoms with E-state index < -0.39 is 29.3 Å². The Labute approximate surface area is 137 Å². The van der Waals surface area contributed by atoms with Crippen molar-refractivity contribution in [2.75, 3.05) is 26.1 Å². The summed E-state index contributed by atoms with van der Waals surface area (Å²) in [6.07, 6.45) is 2.80. The average Bonchev–Trinajstić information content (AvgIpc) is 3.36. The largest absolute Gasteiger partial charge is 0.487 e. The van der Waals surface area contributed by atoms with Gasteiger partial charge in [-0.05, 0) is 18.8 Å². The number of carbonyl (C=O) groups excluding carboxylic acids is 2. The quantitative estimate of drug-likeness (QED) is 0.606. The van der Waals surface area contributed by atoms with Crippen LogP contribution in [0.1, 0.15) is 12.8 Å². The second-order valence-electron chi connectivity index (χ2n) is 5.22. The number of halogens is 2. The molecule has 2 rings (SSSR count). The number of hydrogen-bond acceptors (Lipinski definition) is 6. The molecule has 0 heterocycles. The minimum absolute atomic E-state index is 0.0793. The van der Waals surface area contributed by atoms with E-state index in [1.807, 2.05) is 0 Å². The van der Waals surface area contributed by atoms with Gasteiger partial charge in [0.2, 0.25) is 0 Å². The Balaban J connectivity index is 2.18. The number of esters is 2. The predicted octanol–water partition coefficient (Wildman–Crippen LogP) is 2.40. The van der Waals surface area contributed by atoms with E-state index in [4.69, 9.17) is 4.74 Å². The fourth-order valence-electron chi connectivity index (χ4n) is 1.84. The summed E-state index contributed by atoms with van der Waals surface area (Å²) in [6, 6.07) is 1.92. The van der Waals surface area contributed by atoms with Crippen molar-refractivity contribution in [3.05, 3.63) is 35.5 Å². The molecule has 0 saturated heterocycles. The van der Waals surface area contributed by atoms with Gasteiger partial charge < -0.3 is 19.5 Å². The molecule has 8 heteroatoms. The first-order valence-corrected chi connectivity index (χ1v) is 7.21. The van der Waals surface area contributed by atoms with Crippen LogP contribution in [0.4, 0.5) is 14.5 Å². The monoisotopic (exact) mass is 341 g/mol. The smallest absolute Gasteiger partial charge is 0.354 e. The molecule has 0 bridgehead atoms. The minimum atomic E-state index is -0.916. The third-order valence-electron chi connectivity index (χ3n) is 3.31. The van der Waals surface area contributed by atoms with E-state index in [9.17, 15) is 18.4 Å². The number of rotatable bonds is 7. The van der Waals surface area contributed by atoms with E-state index in [-0.39, 0.29) is 18.0 Å². The number of anilines is 1. The average molecular weight is 341 g/mol. The van der Waals surface area contributed by atoms with Crippen LogP contribution in [0.2, 0.25) is 0 Å². The van der Waals surface area contributed by atoms with E-state index in [1.165, 1.54) is 0 Å². The van der Waals surface area contributed by atoms with Gasteiger partial charge >= 0.3 is 11.9 Å². The number of benzene rings is 1. The molecule has 1 fully saturated rings. The molecule has 0 unspecified atom stereocenters. The lowest BCUT2D eigenvalue weighted by Gasteiger charge is -2.12. The van der Waals surface area contributed by atoms with Crippen LogP contribution in [0, 0.1) is 17.6 Å². The molecule has 0 atom stereocenters. The summed E-state index contributed by atoms with van der Waals surface area (Å²) in [5.74, 6) is -3.68. The Hall–Kier alpha value is -2.64. The van der Waals surface area contributed by atoms with Gasteiger partial charge in [0.25, 0.3) is 0 Å². The molecule has 0 aromatic heterocycles. The van der Waals surface area contributed by atoms with E-state index in [1.54, 1.807) is 0 Å². The Morgan fingerprint density at radius 3 is 2.33 bits per heavy atom. The number of methoxy groups -OCH3 is 2. The highest BCUT2D eigenvalue weighted by Crippen LogP contribution is 2.32. The van der Waals surface area contributed by atoms with Crippen LogP contribution in [0.5, 0.6) is 5.75 Å². The maximum Gasteiger partial charge on any atom is 0.354 e.